The third kappa shape index (κ3) is 3.77. The molecular formula is C15H17NO3. The number of ketones is 1. The molecule has 0 radical (unpaired) electrons. The van der Waals surface area contributed by atoms with Gasteiger partial charge in [-0.2, -0.15) is 0 Å². The largest absolute Gasteiger partial charge is 0.461 e. The van der Waals surface area contributed by atoms with Gasteiger partial charge in [-0.05, 0) is 17.7 Å². The van der Waals surface area contributed by atoms with Gasteiger partial charge in [-0.15, -0.1) is 0 Å². The number of hydrogen-bond acceptors (Lipinski definition) is 4. The Labute approximate surface area is 112 Å². The van der Waals surface area contributed by atoms with E-state index in [2.05, 4.69) is 5.32 Å². The summed E-state index contributed by atoms with van der Waals surface area (Å²) in [6.45, 7) is 0.499. The Morgan fingerprint density at radius 2 is 2.00 bits per heavy atom. The van der Waals surface area contributed by atoms with Crippen molar-refractivity contribution in [2.24, 2.45) is 0 Å². The summed E-state index contributed by atoms with van der Waals surface area (Å²) >= 11 is 0. The zero-order chi connectivity index (χ0) is 13.5. The molecule has 0 bridgehead atoms. The van der Waals surface area contributed by atoms with Crippen LogP contribution < -0.4 is 5.32 Å². The van der Waals surface area contributed by atoms with E-state index in [0.29, 0.717) is 18.7 Å². The second kappa shape index (κ2) is 6.87. The number of carbonyl (C=O) groups is 1. The van der Waals surface area contributed by atoms with Crippen molar-refractivity contribution in [3.05, 3.63) is 60.1 Å². The lowest BCUT2D eigenvalue weighted by Gasteiger charge is -2.16. The summed E-state index contributed by atoms with van der Waals surface area (Å²) in [4.78, 5) is 11.7. The number of furan rings is 1. The van der Waals surface area contributed by atoms with Crippen LogP contribution >= 0.6 is 0 Å². The molecule has 2 N–H and O–H groups in total. The highest BCUT2D eigenvalue weighted by Crippen LogP contribution is 2.11. The molecule has 0 amide bonds. The Morgan fingerprint density at radius 1 is 1.21 bits per heavy atom. The fourth-order valence-electron chi connectivity index (χ4n) is 1.89. The van der Waals surface area contributed by atoms with E-state index in [9.17, 15) is 9.90 Å². The van der Waals surface area contributed by atoms with Crippen LogP contribution in [0.2, 0.25) is 0 Å². The van der Waals surface area contributed by atoms with Crippen LogP contribution in [0.3, 0.4) is 0 Å². The summed E-state index contributed by atoms with van der Waals surface area (Å²) in [7, 11) is 0. The number of Topliss-reactive ketones (excluding diaryl/α,β-unsaturated/α-hetero) is 1. The average Bonchev–Trinajstić information content (AvgIpc) is 2.98. The van der Waals surface area contributed by atoms with E-state index in [1.165, 1.54) is 6.26 Å². The van der Waals surface area contributed by atoms with E-state index in [-0.39, 0.29) is 18.4 Å². The monoisotopic (exact) mass is 259 g/mol. The minimum atomic E-state index is -0.148. The highest BCUT2D eigenvalue weighted by molar-refractivity contribution is 5.93. The van der Waals surface area contributed by atoms with Crippen molar-refractivity contribution < 1.29 is 14.3 Å². The molecule has 100 valence electrons. The molecule has 2 rings (SSSR count). The summed E-state index contributed by atoms with van der Waals surface area (Å²) in [6, 6.07) is 12.9. The van der Waals surface area contributed by atoms with Crippen LogP contribution in [0.4, 0.5) is 0 Å². The predicted octanol–water partition coefficient (Wildman–Crippen LogP) is 2.18. The first-order valence-electron chi connectivity index (χ1n) is 6.27. The normalized spacial score (nSPS) is 12.3. The second-order valence-electron chi connectivity index (χ2n) is 4.25. The van der Waals surface area contributed by atoms with Gasteiger partial charge in [0.1, 0.15) is 0 Å². The molecule has 0 spiro atoms. The molecule has 1 aromatic heterocycles. The molecule has 1 unspecified atom stereocenters. The number of rotatable bonds is 7. The number of aliphatic hydroxyl groups is 1. The van der Waals surface area contributed by atoms with Crippen molar-refractivity contribution in [1.29, 1.82) is 0 Å². The number of hydrogen-bond donors (Lipinski definition) is 2. The lowest BCUT2D eigenvalue weighted by molar-refractivity contribution is 0.0953. The fourth-order valence-corrected chi connectivity index (χ4v) is 1.89. The highest BCUT2D eigenvalue weighted by Gasteiger charge is 2.12. The number of benzene rings is 1. The topological polar surface area (TPSA) is 62.5 Å². The van der Waals surface area contributed by atoms with Crippen molar-refractivity contribution >= 4 is 5.78 Å². The number of aliphatic hydroxyl groups excluding tert-OH is 1. The smallest absolute Gasteiger partial charge is 0.199 e. The maximum absolute atomic E-state index is 11.7. The van der Waals surface area contributed by atoms with Crippen molar-refractivity contribution in [2.75, 3.05) is 13.2 Å². The Bertz CT molecular complexity index is 493. The lowest BCUT2D eigenvalue weighted by atomic mass is 10.1. The third-order valence-corrected chi connectivity index (χ3v) is 2.92. The molecule has 1 atom stereocenters. The van der Waals surface area contributed by atoms with Gasteiger partial charge < -0.3 is 14.8 Å². The van der Waals surface area contributed by atoms with Crippen LogP contribution in [0.25, 0.3) is 0 Å². The summed E-state index contributed by atoms with van der Waals surface area (Å²) in [5.41, 5.74) is 1.01. The van der Waals surface area contributed by atoms with Crippen LogP contribution in [0, 0.1) is 0 Å². The summed E-state index contributed by atoms with van der Waals surface area (Å²) in [5.74, 6) is 0.337. The number of carbonyl (C=O) groups excluding carboxylic acids is 1. The molecule has 0 aliphatic heterocycles. The van der Waals surface area contributed by atoms with Gasteiger partial charge >= 0.3 is 0 Å². The summed E-state index contributed by atoms with van der Waals surface area (Å²) < 4.78 is 5.04. The third-order valence-electron chi connectivity index (χ3n) is 2.92. The molecule has 1 heterocycles. The minimum absolute atomic E-state index is 0.00104. The lowest BCUT2D eigenvalue weighted by Crippen LogP contribution is -2.26. The molecule has 4 nitrogen and oxygen atoms in total. The fraction of sp³-hybridized carbons (Fsp3) is 0.267. The van der Waals surface area contributed by atoms with E-state index in [1.54, 1.807) is 12.1 Å². The zero-order valence-corrected chi connectivity index (χ0v) is 10.6. The quantitative estimate of drug-likeness (QED) is 0.748. The molecule has 2 aromatic rings. The molecular weight excluding hydrogens is 242 g/mol. The van der Waals surface area contributed by atoms with Gasteiger partial charge in [-0.3, -0.25) is 4.79 Å². The molecule has 0 saturated heterocycles. The van der Waals surface area contributed by atoms with Crippen molar-refractivity contribution in [3.63, 3.8) is 0 Å². The van der Waals surface area contributed by atoms with E-state index in [4.69, 9.17) is 4.42 Å². The second-order valence-corrected chi connectivity index (χ2v) is 4.25. The van der Waals surface area contributed by atoms with Gasteiger partial charge in [0.2, 0.25) is 0 Å². The van der Waals surface area contributed by atoms with E-state index in [0.717, 1.165) is 5.56 Å². The Morgan fingerprint density at radius 3 is 2.63 bits per heavy atom. The van der Waals surface area contributed by atoms with Crippen LogP contribution in [0.15, 0.2) is 53.1 Å². The first kappa shape index (κ1) is 13.5. The standard InChI is InChI=1S/C15H17NO3/c17-11-13(12-5-2-1-3-6-12)16-9-8-14(18)15-7-4-10-19-15/h1-7,10,13,16-17H,8-9,11H2. The van der Waals surface area contributed by atoms with Crippen LogP contribution in [-0.4, -0.2) is 24.0 Å². The molecule has 0 fully saturated rings. The predicted molar refractivity (Wildman–Crippen MR) is 71.9 cm³/mol. The van der Waals surface area contributed by atoms with Gasteiger partial charge in [0.05, 0.1) is 18.9 Å². The van der Waals surface area contributed by atoms with Gasteiger partial charge in [0.25, 0.3) is 0 Å². The Hall–Kier alpha value is -1.91. The Kier molecular flexibility index (Phi) is 4.89. The van der Waals surface area contributed by atoms with E-state index < -0.39 is 0 Å². The molecule has 1 aromatic carbocycles. The van der Waals surface area contributed by atoms with Gasteiger partial charge in [-0.1, -0.05) is 30.3 Å². The average molecular weight is 259 g/mol. The van der Waals surface area contributed by atoms with Gasteiger partial charge in [0.15, 0.2) is 11.5 Å². The first-order chi connectivity index (χ1) is 9.31. The highest BCUT2D eigenvalue weighted by atomic mass is 16.3. The number of nitrogens with one attached hydrogen (secondary N) is 1. The Balaban J connectivity index is 1.83. The van der Waals surface area contributed by atoms with Crippen molar-refractivity contribution in [3.8, 4) is 0 Å². The molecule has 0 aliphatic carbocycles. The molecule has 0 saturated carbocycles. The summed E-state index contributed by atoms with van der Waals surface area (Å²) in [6.07, 6.45) is 1.83. The first-order valence-corrected chi connectivity index (χ1v) is 6.27. The van der Waals surface area contributed by atoms with E-state index >= 15 is 0 Å². The van der Waals surface area contributed by atoms with Crippen LogP contribution in [0.1, 0.15) is 28.6 Å². The van der Waals surface area contributed by atoms with Crippen LogP contribution in [-0.2, 0) is 0 Å². The molecule has 4 heteroatoms. The zero-order valence-electron chi connectivity index (χ0n) is 10.6. The van der Waals surface area contributed by atoms with Gasteiger partial charge in [0, 0.05) is 13.0 Å². The van der Waals surface area contributed by atoms with Crippen molar-refractivity contribution in [2.45, 2.75) is 12.5 Å². The van der Waals surface area contributed by atoms with Crippen LogP contribution in [0.5, 0.6) is 0 Å². The minimum Gasteiger partial charge on any atom is -0.461 e. The van der Waals surface area contributed by atoms with Crippen molar-refractivity contribution in [1.82, 2.24) is 5.32 Å². The SMILES string of the molecule is O=C(CCNC(CO)c1ccccc1)c1ccco1. The van der Waals surface area contributed by atoms with E-state index in [1.807, 2.05) is 30.3 Å². The van der Waals surface area contributed by atoms with Gasteiger partial charge in [-0.25, -0.2) is 0 Å². The molecule has 0 aliphatic rings. The maximum atomic E-state index is 11.7. The summed E-state index contributed by atoms with van der Waals surface area (Å²) in [5, 5.41) is 12.5. The maximum Gasteiger partial charge on any atom is 0.199 e. The molecule has 19 heavy (non-hydrogen) atoms.